The Kier molecular flexibility index (Phi) is 5.41. The van der Waals surface area contributed by atoms with Gasteiger partial charge in [0.25, 0.3) is 0 Å². The van der Waals surface area contributed by atoms with Crippen LogP contribution in [0.3, 0.4) is 0 Å². The second-order valence-corrected chi connectivity index (χ2v) is 5.53. The Morgan fingerprint density at radius 1 is 1.00 bits per heavy atom. The first-order valence-corrected chi connectivity index (χ1v) is 6.06. The summed E-state index contributed by atoms with van der Waals surface area (Å²) in [4.78, 5) is 11.1. The van der Waals surface area contributed by atoms with Gasteiger partial charge < -0.3 is 4.74 Å². The third-order valence-corrected chi connectivity index (χ3v) is 3.23. The summed E-state index contributed by atoms with van der Waals surface area (Å²) in [5, 5.41) is 0. The van der Waals surface area contributed by atoms with Crippen LogP contribution >= 0.6 is 0 Å². The maximum Gasteiger partial charge on any atom is 0.201 e. The maximum atomic E-state index is 6.03. The van der Waals surface area contributed by atoms with Crippen molar-refractivity contribution in [3.63, 3.8) is 0 Å². The molecule has 91 valence electrons. The largest absolute Gasteiger partial charge is 0.344 e. The van der Waals surface area contributed by atoms with E-state index in [4.69, 9.17) is 14.5 Å². The molecular formula is C12H22O3Y. The first kappa shape index (κ1) is 15.0. The Hall–Kier alpha value is 0.984. The SMILES string of the molecule is CC1CC(C)(C)OOC2(CCCCC2)O1.[Y]. The Balaban J connectivity index is 0.00000128. The summed E-state index contributed by atoms with van der Waals surface area (Å²) in [5.74, 6) is -0.453. The van der Waals surface area contributed by atoms with Crippen LogP contribution in [0.25, 0.3) is 0 Å². The normalized spacial score (nSPS) is 32.8. The fourth-order valence-corrected chi connectivity index (χ4v) is 2.63. The molecule has 0 aromatic rings. The molecule has 0 aromatic carbocycles. The van der Waals surface area contributed by atoms with Crippen molar-refractivity contribution in [1.29, 1.82) is 0 Å². The molecule has 2 aliphatic rings. The molecule has 2 rings (SSSR count). The number of hydrogen-bond donors (Lipinski definition) is 0. The van der Waals surface area contributed by atoms with Crippen LogP contribution in [0.2, 0.25) is 0 Å². The quantitative estimate of drug-likeness (QED) is 0.643. The van der Waals surface area contributed by atoms with E-state index in [0.717, 1.165) is 19.3 Å². The van der Waals surface area contributed by atoms with Crippen molar-refractivity contribution in [2.24, 2.45) is 0 Å². The molecule has 3 nitrogen and oxygen atoms in total. The van der Waals surface area contributed by atoms with Gasteiger partial charge in [-0.25, -0.2) is 9.78 Å². The fraction of sp³-hybridized carbons (Fsp3) is 1.00. The van der Waals surface area contributed by atoms with Gasteiger partial charge >= 0.3 is 0 Å². The molecule has 16 heavy (non-hydrogen) atoms. The van der Waals surface area contributed by atoms with Gasteiger partial charge in [0.1, 0.15) is 5.60 Å². The standard InChI is InChI=1S/C12H22O3.Y/c1-10-9-11(2,3)14-15-12(13-10)7-5-4-6-8-12;/h10H,4-9H2,1-3H3;. The van der Waals surface area contributed by atoms with Gasteiger partial charge in [-0.3, -0.25) is 0 Å². The summed E-state index contributed by atoms with van der Waals surface area (Å²) in [6.45, 7) is 6.21. The molecule has 1 saturated carbocycles. The van der Waals surface area contributed by atoms with Gasteiger partial charge in [-0.1, -0.05) is 6.42 Å². The summed E-state index contributed by atoms with van der Waals surface area (Å²) in [6.07, 6.45) is 6.66. The first-order valence-electron chi connectivity index (χ1n) is 6.06. The molecule has 1 saturated heterocycles. The Morgan fingerprint density at radius 2 is 1.62 bits per heavy atom. The fourth-order valence-electron chi connectivity index (χ4n) is 2.63. The molecule has 1 unspecified atom stereocenters. The number of hydrogen-bond acceptors (Lipinski definition) is 3. The minimum Gasteiger partial charge on any atom is -0.344 e. The minimum atomic E-state index is -0.453. The second kappa shape index (κ2) is 5.75. The average molecular weight is 303 g/mol. The zero-order chi connectivity index (χ0) is 10.9. The molecule has 0 amide bonds. The van der Waals surface area contributed by atoms with Crippen molar-refractivity contribution in [3.8, 4) is 0 Å². The molecule has 0 bridgehead atoms. The van der Waals surface area contributed by atoms with Crippen molar-refractivity contribution in [2.45, 2.75) is 76.8 Å². The van der Waals surface area contributed by atoms with Crippen LogP contribution in [0.1, 0.15) is 59.3 Å². The molecular weight excluding hydrogens is 281 g/mol. The van der Waals surface area contributed by atoms with Gasteiger partial charge in [0.15, 0.2) is 0 Å². The molecule has 1 aliphatic carbocycles. The summed E-state index contributed by atoms with van der Waals surface area (Å²) >= 11 is 0. The van der Waals surface area contributed by atoms with Gasteiger partial charge in [0, 0.05) is 52.0 Å². The summed E-state index contributed by atoms with van der Waals surface area (Å²) in [6, 6.07) is 0. The van der Waals surface area contributed by atoms with E-state index in [2.05, 4.69) is 20.8 Å². The van der Waals surface area contributed by atoms with Crippen molar-refractivity contribution >= 4 is 0 Å². The van der Waals surface area contributed by atoms with Crippen LogP contribution in [0.5, 0.6) is 0 Å². The molecule has 4 heteroatoms. The summed E-state index contributed by atoms with van der Waals surface area (Å²) < 4.78 is 6.03. The van der Waals surface area contributed by atoms with Crippen LogP contribution in [0.15, 0.2) is 0 Å². The van der Waals surface area contributed by atoms with Crippen LogP contribution < -0.4 is 0 Å². The van der Waals surface area contributed by atoms with E-state index < -0.39 is 5.79 Å². The Labute approximate surface area is 123 Å². The third-order valence-electron chi connectivity index (χ3n) is 3.23. The molecule has 1 heterocycles. The molecule has 1 spiro atoms. The smallest absolute Gasteiger partial charge is 0.201 e. The molecule has 2 fully saturated rings. The van der Waals surface area contributed by atoms with Crippen molar-refractivity contribution < 1.29 is 47.2 Å². The summed E-state index contributed by atoms with van der Waals surface area (Å²) in [7, 11) is 0. The molecule has 1 aliphatic heterocycles. The number of rotatable bonds is 0. The molecule has 1 atom stereocenters. The van der Waals surface area contributed by atoms with Crippen LogP contribution in [0, 0.1) is 0 Å². The monoisotopic (exact) mass is 303 g/mol. The van der Waals surface area contributed by atoms with E-state index in [-0.39, 0.29) is 44.4 Å². The van der Waals surface area contributed by atoms with Crippen LogP contribution in [-0.4, -0.2) is 17.5 Å². The Bertz CT molecular complexity index is 224. The zero-order valence-corrected chi connectivity index (χ0v) is 13.5. The average Bonchev–Trinajstić information content (AvgIpc) is 2.25. The topological polar surface area (TPSA) is 27.7 Å². The van der Waals surface area contributed by atoms with Gasteiger partial charge in [-0.15, -0.1) is 0 Å². The first-order chi connectivity index (χ1) is 7.02. The van der Waals surface area contributed by atoms with E-state index in [9.17, 15) is 0 Å². The van der Waals surface area contributed by atoms with Gasteiger partial charge in [0.2, 0.25) is 5.79 Å². The molecule has 0 aromatic heterocycles. The predicted molar refractivity (Wildman–Crippen MR) is 57.2 cm³/mol. The molecule has 0 N–H and O–H groups in total. The van der Waals surface area contributed by atoms with E-state index in [1.54, 1.807) is 0 Å². The van der Waals surface area contributed by atoms with Crippen molar-refractivity contribution in [1.82, 2.24) is 0 Å². The van der Waals surface area contributed by atoms with Crippen LogP contribution in [-0.2, 0) is 47.2 Å². The van der Waals surface area contributed by atoms with E-state index in [1.807, 2.05) is 0 Å². The van der Waals surface area contributed by atoms with Crippen LogP contribution in [0.4, 0.5) is 0 Å². The van der Waals surface area contributed by atoms with Gasteiger partial charge in [0.05, 0.1) is 6.10 Å². The predicted octanol–water partition coefficient (Wildman–Crippen LogP) is 3.18. The van der Waals surface area contributed by atoms with E-state index in [0.29, 0.717) is 0 Å². The van der Waals surface area contributed by atoms with Gasteiger partial charge in [-0.2, -0.15) is 0 Å². The van der Waals surface area contributed by atoms with Gasteiger partial charge in [-0.05, 0) is 33.6 Å². The van der Waals surface area contributed by atoms with E-state index in [1.165, 1.54) is 19.3 Å². The third kappa shape index (κ3) is 3.74. The number of ether oxygens (including phenoxy) is 1. The minimum absolute atomic E-state index is 0. The maximum absolute atomic E-state index is 6.03. The van der Waals surface area contributed by atoms with Crippen molar-refractivity contribution in [2.75, 3.05) is 0 Å². The zero-order valence-electron chi connectivity index (χ0n) is 10.6. The second-order valence-electron chi connectivity index (χ2n) is 5.53. The van der Waals surface area contributed by atoms with Crippen molar-refractivity contribution in [3.05, 3.63) is 0 Å². The Morgan fingerprint density at radius 3 is 2.25 bits per heavy atom. The summed E-state index contributed by atoms with van der Waals surface area (Å²) in [5.41, 5.74) is -0.236. The van der Waals surface area contributed by atoms with E-state index >= 15 is 0 Å². The molecule has 1 radical (unpaired) electrons.